The van der Waals surface area contributed by atoms with Crippen LogP contribution in [0.3, 0.4) is 0 Å². The van der Waals surface area contributed by atoms with Crippen LogP contribution in [0.1, 0.15) is 40.5 Å². The molecule has 0 aromatic heterocycles. The van der Waals surface area contributed by atoms with Gasteiger partial charge in [-0.2, -0.15) is 0 Å². The Morgan fingerprint density at radius 3 is 2.54 bits per heavy atom. The summed E-state index contributed by atoms with van der Waals surface area (Å²) in [6, 6.07) is 0. The first-order valence-electron chi connectivity index (χ1n) is 5.05. The fourth-order valence-corrected chi connectivity index (χ4v) is 2.05. The molecular formula is C12H20O. The van der Waals surface area contributed by atoms with E-state index in [1.807, 2.05) is 6.92 Å². The van der Waals surface area contributed by atoms with E-state index >= 15 is 0 Å². The first-order chi connectivity index (χ1) is 5.99. The summed E-state index contributed by atoms with van der Waals surface area (Å²) < 4.78 is 0. The molecule has 1 atom stereocenters. The molecule has 13 heavy (non-hydrogen) atoms. The molecule has 0 saturated carbocycles. The lowest BCUT2D eigenvalue weighted by Gasteiger charge is -2.20. The van der Waals surface area contributed by atoms with E-state index in [4.69, 9.17) is 0 Å². The Balaban J connectivity index is 2.95. The van der Waals surface area contributed by atoms with Crippen molar-refractivity contribution in [3.05, 3.63) is 23.3 Å². The molecule has 0 heterocycles. The molecule has 0 fully saturated rings. The highest BCUT2D eigenvalue weighted by Crippen LogP contribution is 2.42. The minimum absolute atomic E-state index is 0.148. The molecule has 0 spiro atoms. The zero-order valence-electron chi connectivity index (χ0n) is 9.09. The summed E-state index contributed by atoms with van der Waals surface area (Å²) in [6.07, 6.45) is 6.03. The maximum absolute atomic E-state index is 9.71. The van der Waals surface area contributed by atoms with Gasteiger partial charge in [-0.1, -0.05) is 32.9 Å². The van der Waals surface area contributed by atoms with E-state index in [2.05, 4.69) is 32.9 Å². The van der Waals surface area contributed by atoms with Gasteiger partial charge >= 0.3 is 0 Å². The summed E-state index contributed by atoms with van der Waals surface area (Å²) in [5.41, 5.74) is 2.62. The monoisotopic (exact) mass is 180 g/mol. The van der Waals surface area contributed by atoms with Gasteiger partial charge in [0, 0.05) is 0 Å². The van der Waals surface area contributed by atoms with Crippen LogP contribution in [0.25, 0.3) is 0 Å². The van der Waals surface area contributed by atoms with Gasteiger partial charge in [0.1, 0.15) is 0 Å². The highest BCUT2D eigenvalue weighted by molar-refractivity contribution is 5.37. The van der Waals surface area contributed by atoms with E-state index in [1.54, 1.807) is 0 Å². The van der Waals surface area contributed by atoms with E-state index in [9.17, 15) is 5.11 Å². The summed E-state index contributed by atoms with van der Waals surface area (Å²) in [5, 5.41) is 9.71. The third-order valence-electron chi connectivity index (χ3n) is 2.88. The molecule has 74 valence electrons. The maximum Gasteiger partial charge on any atom is 0.0761 e. The third-order valence-corrected chi connectivity index (χ3v) is 2.88. The molecular weight excluding hydrogens is 160 g/mol. The van der Waals surface area contributed by atoms with Crippen LogP contribution in [0.2, 0.25) is 0 Å². The molecule has 1 N–H and O–H groups in total. The van der Waals surface area contributed by atoms with Crippen molar-refractivity contribution in [3.8, 4) is 0 Å². The predicted octanol–water partition coefficient (Wildman–Crippen LogP) is 3.06. The Labute approximate surface area is 81.2 Å². The quantitative estimate of drug-likeness (QED) is 0.692. The van der Waals surface area contributed by atoms with Gasteiger partial charge in [-0.05, 0) is 36.3 Å². The van der Waals surface area contributed by atoms with Crippen LogP contribution >= 0.6 is 0 Å². The van der Waals surface area contributed by atoms with Gasteiger partial charge in [-0.25, -0.2) is 0 Å². The number of aliphatic hydroxyl groups excluding tert-OH is 1. The smallest absolute Gasteiger partial charge is 0.0761 e. The zero-order valence-corrected chi connectivity index (χ0v) is 9.09. The minimum atomic E-state index is -0.230. The highest BCUT2D eigenvalue weighted by Gasteiger charge is 2.34. The standard InChI is InChI=1S/C12H20O/c1-5-6-7-10-9(2)11(13)8-12(10,3)4/h6-7,11,13H,5,8H2,1-4H3/b7-6-. The summed E-state index contributed by atoms with van der Waals surface area (Å²) in [7, 11) is 0. The largest absolute Gasteiger partial charge is 0.389 e. The van der Waals surface area contributed by atoms with Crippen molar-refractivity contribution < 1.29 is 5.11 Å². The second kappa shape index (κ2) is 3.67. The molecule has 0 bridgehead atoms. The van der Waals surface area contributed by atoms with Crippen LogP contribution in [0.15, 0.2) is 23.3 Å². The van der Waals surface area contributed by atoms with Crippen LogP contribution in [0.4, 0.5) is 0 Å². The molecule has 0 radical (unpaired) electrons. The van der Waals surface area contributed by atoms with Gasteiger partial charge in [0.05, 0.1) is 6.10 Å². The summed E-state index contributed by atoms with van der Waals surface area (Å²) in [5.74, 6) is 0. The number of hydrogen-bond acceptors (Lipinski definition) is 1. The molecule has 0 aromatic carbocycles. The molecule has 1 aliphatic carbocycles. The van der Waals surface area contributed by atoms with E-state index in [0.29, 0.717) is 0 Å². The molecule has 1 nitrogen and oxygen atoms in total. The molecule has 0 saturated heterocycles. The predicted molar refractivity (Wildman–Crippen MR) is 56.5 cm³/mol. The first kappa shape index (κ1) is 10.5. The van der Waals surface area contributed by atoms with Gasteiger partial charge in [0.15, 0.2) is 0 Å². The van der Waals surface area contributed by atoms with E-state index in [-0.39, 0.29) is 11.5 Å². The second-order valence-electron chi connectivity index (χ2n) is 4.51. The van der Waals surface area contributed by atoms with Crippen LogP contribution < -0.4 is 0 Å². The van der Waals surface area contributed by atoms with E-state index < -0.39 is 0 Å². The summed E-state index contributed by atoms with van der Waals surface area (Å²) in [6.45, 7) is 8.56. The Bertz CT molecular complexity index is 246. The van der Waals surface area contributed by atoms with Crippen molar-refractivity contribution in [3.63, 3.8) is 0 Å². The number of aliphatic hydroxyl groups is 1. The number of rotatable bonds is 2. The van der Waals surface area contributed by atoms with Gasteiger partial charge < -0.3 is 5.11 Å². The Hall–Kier alpha value is -0.560. The molecule has 0 amide bonds. The van der Waals surface area contributed by atoms with Crippen LogP contribution in [-0.4, -0.2) is 11.2 Å². The van der Waals surface area contributed by atoms with Crippen molar-refractivity contribution in [2.45, 2.75) is 46.6 Å². The van der Waals surface area contributed by atoms with E-state index in [0.717, 1.165) is 18.4 Å². The van der Waals surface area contributed by atoms with Crippen LogP contribution in [0, 0.1) is 5.41 Å². The lowest BCUT2D eigenvalue weighted by Crippen LogP contribution is -2.12. The highest BCUT2D eigenvalue weighted by atomic mass is 16.3. The fraction of sp³-hybridized carbons (Fsp3) is 0.667. The lowest BCUT2D eigenvalue weighted by molar-refractivity contribution is 0.182. The molecule has 1 unspecified atom stereocenters. The van der Waals surface area contributed by atoms with Crippen molar-refractivity contribution >= 4 is 0 Å². The van der Waals surface area contributed by atoms with Gasteiger partial charge in [0.2, 0.25) is 0 Å². The molecule has 1 heteroatoms. The van der Waals surface area contributed by atoms with Crippen LogP contribution in [0.5, 0.6) is 0 Å². The van der Waals surface area contributed by atoms with Gasteiger partial charge in [-0.15, -0.1) is 0 Å². The number of hydrogen-bond donors (Lipinski definition) is 1. The summed E-state index contributed by atoms with van der Waals surface area (Å²) in [4.78, 5) is 0. The van der Waals surface area contributed by atoms with Gasteiger partial charge in [0.25, 0.3) is 0 Å². The fourth-order valence-electron chi connectivity index (χ4n) is 2.05. The molecule has 1 rings (SSSR count). The second-order valence-corrected chi connectivity index (χ2v) is 4.51. The van der Waals surface area contributed by atoms with Gasteiger partial charge in [-0.3, -0.25) is 0 Å². The Kier molecular flexibility index (Phi) is 2.97. The first-order valence-corrected chi connectivity index (χ1v) is 5.05. The minimum Gasteiger partial charge on any atom is -0.389 e. The summed E-state index contributed by atoms with van der Waals surface area (Å²) >= 11 is 0. The Morgan fingerprint density at radius 1 is 1.54 bits per heavy atom. The molecule has 1 aliphatic rings. The topological polar surface area (TPSA) is 20.2 Å². The maximum atomic E-state index is 9.71. The average molecular weight is 180 g/mol. The van der Waals surface area contributed by atoms with Crippen molar-refractivity contribution in [2.75, 3.05) is 0 Å². The third kappa shape index (κ3) is 2.02. The average Bonchev–Trinajstić information content (AvgIpc) is 2.20. The SMILES string of the molecule is CC/C=C\C1=C(C)C(O)CC1(C)C. The number of allylic oxidation sites excluding steroid dienone is 3. The molecule has 0 aromatic rings. The Morgan fingerprint density at radius 2 is 2.15 bits per heavy atom. The lowest BCUT2D eigenvalue weighted by atomic mass is 9.85. The van der Waals surface area contributed by atoms with Crippen molar-refractivity contribution in [1.29, 1.82) is 0 Å². The normalized spacial score (nSPS) is 27.6. The zero-order chi connectivity index (χ0) is 10.1. The van der Waals surface area contributed by atoms with Crippen LogP contribution in [-0.2, 0) is 0 Å². The van der Waals surface area contributed by atoms with E-state index in [1.165, 1.54) is 5.57 Å². The van der Waals surface area contributed by atoms with Crippen molar-refractivity contribution in [2.24, 2.45) is 5.41 Å². The van der Waals surface area contributed by atoms with Crippen molar-refractivity contribution in [1.82, 2.24) is 0 Å². The molecule has 0 aliphatic heterocycles.